The number of hydrogen-bond donors (Lipinski definition) is 1. The Morgan fingerprint density at radius 2 is 1.95 bits per heavy atom. The van der Waals surface area contributed by atoms with Crippen LogP contribution in [0.2, 0.25) is 0 Å². The fraction of sp³-hybridized carbons (Fsp3) is 0.353. The van der Waals surface area contributed by atoms with Gasteiger partial charge in [0.2, 0.25) is 0 Å². The number of hydrogen-bond acceptors (Lipinski definition) is 3. The van der Waals surface area contributed by atoms with Crippen molar-refractivity contribution in [3.8, 4) is 5.75 Å². The average Bonchev–Trinajstić information content (AvgIpc) is 2.46. The van der Waals surface area contributed by atoms with Gasteiger partial charge in [-0.15, -0.1) is 0 Å². The number of pyridine rings is 1. The molecule has 106 valence electrons. The van der Waals surface area contributed by atoms with Gasteiger partial charge in [-0.25, -0.2) is 0 Å². The van der Waals surface area contributed by atoms with Crippen LogP contribution in [0.5, 0.6) is 5.75 Å². The first-order valence-electron chi connectivity index (χ1n) is 7.04. The summed E-state index contributed by atoms with van der Waals surface area (Å²) in [7, 11) is 1.95. The largest absolute Gasteiger partial charge is 0.487 e. The van der Waals surface area contributed by atoms with Crippen LogP contribution in [0.25, 0.3) is 0 Å². The number of rotatable bonds is 6. The summed E-state index contributed by atoms with van der Waals surface area (Å²) in [5.74, 6) is 0.886. The Bertz CT molecular complexity index is 567. The standard InChI is InChI=1S/C17H22N2O/c1-4-16-17(9-8-13(2)19-16)20-12-15-7-5-6-14(10-15)11-18-3/h5-10,18H,4,11-12H2,1-3H3. The highest BCUT2D eigenvalue weighted by molar-refractivity contribution is 5.30. The molecule has 20 heavy (non-hydrogen) atoms. The first-order valence-corrected chi connectivity index (χ1v) is 7.04. The molecule has 0 saturated carbocycles. The van der Waals surface area contributed by atoms with E-state index < -0.39 is 0 Å². The van der Waals surface area contributed by atoms with Crippen LogP contribution >= 0.6 is 0 Å². The minimum Gasteiger partial charge on any atom is -0.487 e. The zero-order chi connectivity index (χ0) is 14.4. The van der Waals surface area contributed by atoms with E-state index in [1.165, 1.54) is 11.1 Å². The van der Waals surface area contributed by atoms with Gasteiger partial charge in [0.05, 0.1) is 5.69 Å². The smallest absolute Gasteiger partial charge is 0.141 e. The summed E-state index contributed by atoms with van der Waals surface area (Å²) in [4.78, 5) is 4.52. The number of aromatic nitrogens is 1. The highest BCUT2D eigenvalue weighted by Gasteiger charge is 2.04. The molecule has 1 heterocycles. The van der Waals surface area contributed by atoms with Gasteiger partial charge in [0.1, 0.15) is 12.4 Å². The van der Waals surface area contributed by atoms with Gasteiger partial charge in [-0.1, -0.05) is 31.2 Å². The zero-order valence-electron chi connectivity index (χ0n) is 12.4. The van der Waals surface area contributed by atoms with E-state index in [-0.39, 0.29) is 0 Å². The average molecular weight is 270 g/mol. The van der Waals surface area contributed by atoms with Gasteiger partial charge in [0, 0.05) is 12.2 Å². The topological polar surface area (TPSA) is 34.1 Å². The van der Waals surface area contributed by atoms with E-state index in [0.29, 0.717) is 6.61 Å². The molecule has 0 saturated heterocycles. The Morgan fingerprint density at radius 3 is 2.70 bits per heavy atom. The number of nitrogens with zero attached hydrogens (tertiary/aromatic N) is 1. The first kappa shape index (κ1) is 14.5. The molecular weight excluding hydrogens is 248 g/mol. The van der Waals surface area contributed by atoms with Gasteiger partial charge in [-0.05, 0) is 43.7 Å². The van der Waals surface area contributed by atoms with Crippen molar-refractivity contribution in [2.45, 2.75) is 33.4 Å². The third-order valence-corrected chi connectivity index (χ3v) is 3.17. The van der Waals surface area contributed by atoms with Crippen LogP contribution in [0.3, 0.4) is 0 Å². The van der Waals surface area contributed by atoms with Crippen LogP contribution in [0.1, 0.15) is 29.4 Å². The minimum absolute atomic E-state index is 0.579. The van der Waals surface area contributed by atoms with E-state index in [4.69, 9.17) is 4.74 Å². The molecule has 0 aliphatic rings. The molecule has 0 fully saturated rings. The Labute approximate surface area is 121 Å². The number of benzene rings is 1. The van der Waals surface area contributed by atoms with Gasteiger partial charge >= 0.3 is 0 Å². The van der Waals surface area contributed by atoms with Crippen molar-refractivity contribution >= 4 is 0 Å². The highest BCUT2D eigenvalue weighted by atomic mass is 16.5. The van der Waals surface area contributed by atoms with Gasteiger partial charge < -0.3 is 10.1 Å². The van der Waals surface area contributed by atoms with Crippen LogP contribution in [-0.2, 0) is 19.6 Å². The molecule has 2 aromatic rings. The van der Waals surface area contributed by atoms with Gasteiger partial charge in [0.25, 0.3) is 0 Å². The molecule has 3 heteroatoms. The third-order valence-electron chi connectivity index (χ3n) is 3.17. The zero-order valence-corrected chi connectivity index (χ0v) is 12.4. The Hall–Kier alpha value is -1.87. The molecule has 0 aliphatic heterocycles. The number of nitrogens with one attached hydrogen (secondary N) is 1. The third kappa shape index (κ3) is 3.81. The van der Waals surface area contributed by atoms with Crippen LogP contribution in [-0.4, -0.2) is 12.0 Å². The Balaban J connectivity index is 2.06. The van der Waals surface area contributed by atoms with E-state index in [0.717, 1.165) is 30.1 Å². The SMILES string of the molecule is CCc1nc(C)ccc1OCc1cccc(CNC)c1. The van der Waals surface area contributed by atoms with Crippen molar-refractivity contribution < 1.29 is 4.74 Å². The lowest BCUT2D eigenvalue weighted by Crippen LogP contribution is -2.06. The molecule has 1 aromatic heterocycles. The molecule has 1 N–H and O–H groups in total. The molecule has 0 atom stereocenters. The second-order valence-corrected chi connectivity index (χ2v) is 4.89. The molecule has 0 spiro atoms. The van der Waals surface area contributed by atoms with Crippen molar-refractivity contribution in [2.75, 3.05) is 7.05 Å². The van der Waals surface area contributed by atoms with E-state index in [1.807, 2.05) is 26.1 Å². The van der Waals surface area contributed by atoms with E-state index in [2.05, 4.69) is 41.5 Å². The second-order valence-electron chi connectivity index (χ2n) is 4.89. The molecule has 2 rings (SSSR count). The first-order chi connectivity index (χ1) is 9.72. The van der Waals surface area contributed by atoms with Crippen molar-refractivity contribution in [1.82, 2.24) is 10.3 Å². The maximum absolute atomic E-state index is 5.92. The van der Waals surface area contributed by atoms with Crippen LogP contribution < -0.4 is 10.1 Å². The molecule has 0 radical (unpaired) electrons. The van der Waals surface area contributed by atoms with E-state index in [9.17, 15) is 0 Å². The summed E-state index contributed by atoms with van der Waals surface area (Å²) < 4.78 is 5.92. The quantitative estimate of drug-likeness (QED) is 0.875. The van der Waals surface area contributed by atoms with Gasteiger partial charge in [-0.3, -0.25) is 4.98 Å². The summed E-state index contributed by atoms with van der Waals surface area (Å²) >= 11 is 0. The number of aryl methyl sites for hydroxylation is 2. The summed E-state index contributed by atoms with van der Waals surface area (Å²) in [6.07, 6.45) is 0.886. The molecule has 0 unspecified atom stereocenters. The maximum atomic E-state index is 5.92. The van der Waals surface area contributed by atoms with Crippen molar-refractivity contribution in [3.05, 3.63) is 58.9 Å². The van der Waals surface area contributed by atoms with Crippen molar-refractivity contribution in [2.24, 2.45) is 0 Å². The Morgan fingerprint density at radius 1 is 1.15 bits per heavy atom. The fourth-order valence-corrected chi connectivity index (χ4v) is 2.18. The second kappa shape index (κ2) is 7.06. The highest BCUT2D eigenvalue weighted by Crippen LogP contribution is 2.19. The normalized spacial score (nSPS) is 10.6. The summed E-state index contributed by atoms with van der Waals surface area (Å²) in [6.45, 7) is 5.56. The van der Waals surface area contributed by atoms with Crippen LogP contribution in [0.4, 0.5) is 0 Å². The van der Waals surface area contributed by atoms with Crippen LogP contribution in [0, 0.1) is 6.92 Å². The van der Waals surface area contributed by atoms with E-state index in [1.54, 1.807) is 0 Å². The minimum atomic E-state index is 0.579. The fourth-order valence-electron chi connectivity index (χ4n) is 2.18. The van der Waals surface area contributed by atoms with Gasteiger partial charge in [-0.2, -0.15) is 0 Å². The molecule has 0 amide bonds. The molecule has 3 nitrogen and oxygen atoms in total. The summed E-state index contributed by atoms with van der Waals surface area (Å²) in [5.41, 5.74) is 4.51. The molecule has 0 aliphatic carbocycles. The monoisotopic (exact) mass is 270 g/mol. The van der Waals surface area contributed by atoms with Gasteiger partial charge in [0.15, 0.2) is 0 Å². The molecular formula is C17H22N2O. The predicted molar refractivity (Wildman–Crippen MR) is 81.9 cm³/mol. The predicted octanol–water partition coefficient (Wildman–Crippen LogP) is 3.25. The molecule has 0 bridgehead atoms. The summed E-state index contributed by atoms with van der Waals surface area (Å²) in [5, 5.41) is 3.16. The molecule has 1 aromatic carbocycles. The lowest BCUT2D eigenvalue weighted by atomic mass is 10.1. The van der Waals surface area contributed by atoms with Crippen molar-refractivity contribution in [1.29, 1.82) is 0 Å². The lowest BCUT2D eigenvalue weighted by Gasteiger charge is -2.11. The Kier molecular flexibility index (Phi) is 5.13. The maximum Gasteiger partial charge on any atom is 0.141 e. The number of ether oxygens (including phenoxy) is 1. The van der Waals surface area contributed by atoms with Crippen LogP contribution in [0.15, 0.2) is 36.4 Å². The van der Waals surface area contributed by atoms with E-state index >= 15 is 0 Å². The lowest BCUT2D eigenvalue weighted by molar-refractivity contribution is 0.301. The van der Waals surface area contributed by atoms with Crippen molar-refractivity contribution in [3.63, 3.8) is 0 Å². The summed E-state index contributed by atoms with van der Waals surface area (Å²) in [6, 6.07) is 12.4.